The van der Waals surface area contributed by atoms with E-state index in [9.17, 15) is 13.2 Å². The van der Waals surface area contributed by atoms with E-state index in [4.69, 9.17) is 5.26 Å². The number of aromatic nitrogens is 2. The minimum Gasteiger partial charge on any atom is -0.308 e. The summed E-state index contributed by atoms with van der Waals surface area (Å²) in [6, 6.07) is 13.1. The van der Waals surface area contributed by atoms with Gasteiger partial charge in [-0.15, -0.1) is 11.3 Å². The molecule has 0 atom stereocenters. The van der Waals surface area contributed by atoms with Gasteiger partial charge in [0.1, 0.15) is 0 Å². The van der Waals surface area contributed by atoms with Crippen molar-refractivity contribution in [1.82, 2.24) is 14.5 Å². The number of nitrogens with one attached hydrogen (secondary N) is 2. The minimum atomic E-state index is -3.85. The van der Waals surface area contributed by atoms with Gasteiger partial charge in [0.15, 0.2) is 5.82 Å². The molecule has 0 fully saturated rings. The molecule has 10 heteroatoms. The van der Waals surface area contributed by atoms with Crippen molar-refractivity contribution < 1.29 is 13.2 Å². The highest BCUT2D eigenvalue weighted by Gasteiger charge is 2.23. The smallest absolute Gasteiger partial charge is 0.243 e. The molecule has 2 N–H and O–H groups in total. The normalized spacial score (nSPS) is 11.4. The third-order valence-electron chi connectivity index (χ3n) is 3.91. The summed E-state index contributed by atoms with van der Waals surface area (Å²) in [4.78, 5) is 14.4. The van der Waals surface area contributed by atoms with E-state index in [1.165, 1.54) is 31.3 Å². The first-order valence-corrected chi connectivity index (χ1v) is 10.4. The van der Waals surface area contributed by atoms with Crippen LogP contribution in [-0.4, -0.2) is 42.4 Å². The Balaban J connectivity index is 1.65. The van der Waals surface area contributed by atoms with Gasteiger partial charge in [0.25, 0.3) is 0 Å². The maximum Gasteiger partial charge on any atom is 0.243 e. The second kappa shape index (κ2) is 7.93. The number of amides is 1. The van der Waals surface area contributed by atoms with Gasteiger partial charge in [-0.25, -0.2) is 8.42 Å². The maximum absolute atomic E-state index is 12.6. The average molecular weight is 416 g/mol. The molecular weight excluding hydrogens is 398 g/mol. The number of hydrogen-bond donors (Lipinski definition) is 2. The van der Waals surface area contributed by atoms with Gasteiger partial charge >= 0.3 is 0 Å². The molecule has 0 bridgehead atoms. The van der Waals surface area contributed by atoms with E-state index in [1.807, 2.05) is 25.1 Å². The van der Waals surface area contributed by atoms with Gasteiger partial charge in [-0.3, -0.25) is 9.89 Å². The lowest BCUT2D eigenvalue weighted by Gasteiger charge is -2.16. The van der Waals surface area contributed by atoms with Gasteiger partial charge in [0.2, 0.25) is 15.9 Å². The number of benzene rings is 1. The molecule has 0 spiro atoms. The summed E-state index contributed by atoms with van der Waals surface area (Å²) >= 11 is 1.60. The highest BCUT2D eigenvalue weighted by molar-refractivity contribution is 7.89. The van der Waals surface area contributed by atoms with Gasteiger partial charge < -0.3 is 5.32 Å². The summed E-state index contributed by atoms with van der Waals surface area (Å²) in [5, 5.41) is 18.3. The zero-order chi connectivity index (χ0) is 20.3. The van der Waals surface area contributed by atoms with Crippen LogP contribution in [0.4, 0.5) is 5.82 Å². The van der Waals surface area contributed by atoms with Crippen LogP contribution in [0.2, 0.25) is 0 Å². The van der Waals surface area contributed by atoms with Crippen LogP contribution in [-0.2, 0) is 14.8 Å². The molecule has 0 unspecified atom stereocenters. The van der Waals surface area contributed by atoms with E-state index < -0.39 is 15.9 Å². The number of nitrogens with zero attached hydrogens (tertiary/aromatic N) is 3. The van der Waals surface area contributed by atoms with Crippen LogP contribution in [0, 0.1) is 18.3 Å². The van der Waals surface area contributed by atoms with Crippen molar-refractivity contribution in [3.8, 4) is 16.6 Å². The van der Waals surface area contributed by atoms with E-state index in [-0.39, 0.29) is 11.4 Å². The predicted octanol–water partition coefficient (Wildman–Crippen LogP) is 2.58. The maximum atomic E-state index is 12.6. The number of thiophene rings is 1. The summed E-state index contributed by atoms with van der Waals surface area (Å²) in [6.07, 6.45) is 0. The summed E-state index contributed by atoms with van der Waals surface area (Å²) in [7, 11) is -2.53. The van der Waals surface area contributed by atoms with Crippen molar-refractivity contribution in [1.29, 1.82) is 5.26 Å². The number of sulfonamides is 1. The molecule has 2 aromatic heterocycles. The van der Waals surface area contributed by atoms with Crippen LogP contribution in [0.25, 0.3) is 10.6 Å². The van der Waals surface area contributed by atoms with E-state index >= 15 is 0 Å². The lowest BCUT2D eigenvalue weighted by molar-refractivity contribution is -0.116. The van der Waals surface area contributed by atoms with Crippen LogP contribution in [0.3, 0.4) is 0 Å². The Labute approximate surface area is 166 Å². The number of carbonyl (C=O) groups excluding carboxylic acids is 1. The zero-order valence-electron chi connectivity index (χ0n) is 15.1. The molecule has 1 amide bonds. The van der Waals surface area contributed by atoms with Crippen LogP contribution < -0.4 is 5.32 Å². The highest BCUT2D eigenvalue weighted by atomic mass is 32.2. The number of H-pyrrole nitrogens is 1. The number of aryl methyl sites for hydroxylation is 1. The van der Waals surface area contributed by atoms with Crippen LogP contribution in [0.1, 0.15) is 10.4 Å². The van der Waals surface area contributed by atoms with Crippen LogP contribution >= 0.6 is 11.3 Å². The molecule has 3 rings (SSSR count). The summed E-state index contributed by atoms with van der Waals surface area (Å²) in [5.74, 6) is -0.199. The number of aromatic amines is 1. The SMILES string of the molecule is Cc1ccc(-c2cc(NC(=O)CN(C)S(=O)(=O)c3ccc(C#N)cc3)n[nH]2)s1. The lowest BCUT2D eigenvalue weighted by Crippen LogP contribution is -2.35. The highest BCUT2D eigenvalue weighted by Crippen LogP contribution is 2.27. The number of hydrogen-bond acceptors (Lipinski definition) is 6. The third-order valence-corrected chi connectivity index (χ3v) is 6.76. The van der Waals surface area contributed by atoms with Gasteiger partial charge in [-0.2, -0.15) is 14.7 Å². The van der Waals surface area contributed by atoms with Gasteiger partial charge in [-0.1, -0.05) is 0 Å². The van der Waals surface area contributed by atoms with Crippen molar-refractivity contribution in [3.63, 3.8) is 0 Å². The van der Waals surface area contributed by atoms with Crippen LogP contribution in [0.15, 0.2) is 47.4 Å². The third kappa shape index (κ3) is 4.28. The summed E-state index contributed by atoms with van der Waals surface area (Å²) < 4.78 is 26.1. The first-order valence-electron chi connectivity index (χ1n) is 8.18. The lowest BCUT2D eigenvalue weighted by atomic mass is 10.2. The van der Waals surface area contributed by atoms with Crippen molar-refractivity contribution in [3.05, 3.63) is 52.9 Å². The Bertz CT molecular complexity index is 1140. The zero-order valence-corrected chi connectivity index (χ0v) is 16.8. The standard InChI is InChI=1S/C18H17N5O3S2/c1-12-3-8-16(27-12)15-9-17(22-21-15)20-18(24)11-23(2)28(25,26)14-6-4-13(10-19)5-7-14/h3-9H,11H2,1-2H3,(H2,20,21,22,24). The number of anilines is 1. The number of rotatable bonds is 6. The Morgan fingerprint density at radius 2 is 2.00 bits per heavy atom. The molecular formula is C18H17N5O3S2. The second-order valence-corrected chi connectivity index (χ2v) is 9.36. The molecule has 3 aromatic rings. The van der Waals surface area contributed by atoms with Crippen molar-refractivity contribution in [2.24, 2.45) is 0 Å². The quantitative estimate of drug-likeness (QED) is 0.641. The van der Waals surface area contributed by atoms with E-state index in [0.717, 1.165) is 19.8 Å². The molecule has 1 aromatic carbocycles. The Morgan fingerprint density at radius 3 is 2.61 bits per heavy atom. The van der Waals surface area contributed by atoms with Crippen molar-refractivity contribution in [2.45, 2.75) is 11.8 Å². The Hall–Kier alpha value is -3.00. The van der Waals surface area contributed by atoms with Gasteiger partial charge in [0, 0.05) is 18.0 Å². The summed E-state index contributed by atoms with van der Waals surface area (Å²) in [6.45, 7) is 1.62. The van der Waals surface area contributed by atoms with Crippen LogP contribution in [0.5, 0.6) is 0 Å². The van der Waals surface area contributed by atoms with Gasteiger partial charge in [0.05, 0.1) is 33.6 Å². The largest absolute Gasteiger partial charge is 0.308 e. The Morgan fingerprint density at radius 1 is 1.29 bits per heavy atom. The fraction of sp³-hybridized carbons (Fsp3) is 0.167. The monoisotopic (exact) mass is 415 g/mol. The molecule has 8 nitrogen and oxygen atoms in total. The Kier molecular flexibility index (Phi) is 5.60. The molecule has 0 saturated carbocycles. The molecule has 0 radical (unpaired) electrons. The number of carbonyl (C=O) groups is 1. The second-order valence-electron chi connectivity index (χ2n) is 6.02. The van der Waals surface area contributed by atoms with Crippen molar-refractivity contribution >= 4 is 33.1 Å². The summed E-state index contributed by atoms with van der Waals surface area (Å²) in [5.41, 5.74) is 1.13. The average Bonchev–Trinajstić information content (AvgIpc) is 3.30. The number of likely N-dealkylation sites (N-methyl/N-ethyl adjacent to an activating group) is 1. The molecule has 0 aliphatic heterocycles. The fourth-order valence-corrected chi connectivity index (χ4v) is 4.40. The molecule has 0 aliphatic rings. The fourth-order valence-electron chi connectivity index (χ4n) is 2.44. The molecule has 28 heavy (non-hydrogen) atoms. The first kappa shape index (κ1) is 19.8. The molecule has 144 valence electrons. The van der Waals surface area contributed by atoms with E-state index in [2.05, 4.69) is 15.5 Å². The molecule has 0 aliphatic carbocycles. The minimum absolute atomic E-state index is 0.0110. The predicted molar refractivity (Wildman–Crippen MR) is 106 cm³/mol. The van der Waals surface area contributed by atoms with E-state index in [0.29, 0.717) is 11.4 Å². The molecule has 0 saturated heterocycles. The van der Waals surface area contributed by atoms with Gasteiger partial charge in [-0.05, 0) is 43.3 Å². The number of nitriles is 1. The van der Waals surface area contributed by atoms with Crippen molar-refractivity contribution in [2.75, 3.05) is 18.9 Å². The first-order chi connectivity index (χ1) is 13.3. The van der Waals surface area contributed by atoms with E-state index in [1.54, 1.807) is 17.4 Å². The topological polar surface area (TPSA) is 119 Å². The molecule has 2 heterocycles.